The third-order valence-corrected chi connectivity index (χ3v) is 7.31. The van der Waals surface area contributed by atoms with Crippen molar-refractivity contribution in [3.8, 4) is 5.69 Å². The zero-order valence-corrected chi connectivity index (χ0v) is 22.1. The molecule has 0 aliphatic carbocycles. The van der Waals surface area contributed by atoms with Gasteiger partial charge in [0.2, 0.25) is 0 Å². The number of hydrogen-bond donors (Lipinski definition) is 2. The number of anilines is 1. The molecular weight excluding hydrogens is 490 g/mol. The molecule has 2 heterocycles. The van der Waals surface area contributed by atoms with Crippen molar-refractivity contribution in [3.63, 3.8) is 0 Å². The van der Waals surface area contributed by atoms with Gasteiger partial charge in [-0.3, -0.25) is 14.3 Å². The molecule has 10 heteroatoms. The summed E-state index contributed by atoms with van der Waals surface area (Å²) in [5, 5.41) is 10.0. The minimum atomic E-state index is -3.33. The topological polar surface area (TPSA) is 115 Å². The van der Waals surface area contributed by atoms with E-state index < -0.39 is 9.84 Å². The lowest BCUT2D eigenvalue weighted by molar-refractivity contribution is 0.0939. The number of aromatic nitrogens is 3. The maximum atomic E-state index is 13.3. The van der Waals surface area contributed by atoms with Gasteiger partial charge in [-0.25, -0.2) is 8.42 Å². The van der Waals surface area contributed by atoms with Gasteiger partial charge in [-0.15, -0.1) is 0 Å². The molecule has 4 rings (SSSR count). The van der Waals surface area contributed by atoms with Crippen molar-refractivity contribution in [1.29, 1.82) is 0 Å². The molecule has 0 aliphatic heterocycles. The zero-order chi connectivity index (χ0) is 26.9. The van der Waals surface area contributed by atoms with Crippen LogP contribution in [0.15, 0.2) is 71.9 Å². The molecule has 9 nitrogen and oxygen atoms in total. The summed E-state index contributed by atoms with van der Waals surface area (Å²) in [5.74, 6) is -0.574. The number of amides is 2. The minimum absolute atomic E-state index is 0.177. The molecule has 2 N–H and O–H groups in total. The van der Waals surface area contributed by atoms with Crippen LogP contribution in [0.4, 0.5) is 5.69 Å². The Morgan fingerprint density at radius 3 is 2.27 bits per heavy atom. The maximum absolute atomic E-state index is 13.3. The summed E-state index contributed by atoms with van der Waals surface area (Å²) in [4.78, 5) is 26.5. The number of rotatable bonds is 7. The van der Waals surface area contributed by atoms with E-state index in [1.54, 1.807) is 41.2 Å². The smallest absolute Gasteiger partial charge is 0.257 e. The summed E-state index contributed by atoms with van der Waals surface area (Å²) in [7, 11) is -1.50. The Balaban J connectivity index is 1.60. The van der Waals surface area contributed by atoms with Crippen LogP contribution in [-0.4, -0.2) is 40.8 Å². The minimum Gasteiger partial charge on any atom is -0.345 e. The molecule has 192 valence electrons. The van der Waals surface area contributed by atoms with E-state index in [4.69, 9.17) is 0 Å². The van der Waals surface area contributed by atoms with Gasteiger partial charge in [-0.1, -0.05) is 12.1 Å². The first kappa shape index (κ1) is 25.9. The van der Waals surface area contributed by atoms with Crippen LogP contribution < -0.4 is 10.6 Å². The quantitative estimate of drug-likeness (QED) is 0.383. The van der Waals surface area contributed by atoms with E-state index in [2.05, 4.69) is 15.7 Å². The standard InChI is InChI=1S/C27H29N5O4S/c1-17-14-24(27(34)30-21-10-12-22(13-11-21)37(5,35)36)19(3)32(17)25-9-7-6-8-23(25)26(33)29-18(2)20-15-28-31(4)16-20/h6-16,18H,1-5H3,(H,29,33)(H,30,34). The SMILES string of the molecule is Cc1cc(C(=O)Nc2ccc(S(C)(=O)=O)cc2)c(C)n1-c1ccccc1C(=O)NC(C)c1cnn(C)c1. The highest BCUT2D eigenvalue weighted by atomic mass is 32.2. The maximum Gasteiger partial charge on any atom is 0.257 e. The van der Waals surface area contributed by atoms with Crippen LogP contribution in [0.1, 0.15) is 50.6 Å². The van der Waals surface area contributed by atoms with E-state index >= 15 is 0 Å². The van der Waals surface area contributed by atoms with Crippen LogP contribution in [0, 0.1) is 13.8 Å². The lowest BCUT2D eigenvalue weighted by Crippen LogP contribution is -2.27. The first-order chi connectivity index (χ1) is 17.5. The van der Waals surface area contributed by atoms with Crippen LogP contribution in [0.3, 0.4) is 0 Å². The van der Waals surface area contributed by atoms with Crippen molar-refractivity contribution < 1.29 is 18.0 Å². The molecule has 0 saturated carbocycles. The van der Waals surface area contributed by atoms with Crippen LogP contribution in [0.2, 0.25) is 0 Å². The molecule has 1 atom stereocenters. The predicted octanol–water partition coefficient (Wildman–Crippen LogP) is 3.97. The van der Waals surface area contributed by atoms with Gasteiger partial charge in [0.05, 0.1) is 33.9 Å². The Bertz CT molecular complexity index is 1580. The van der Waals surface area contributed by atoms with Gasteiger partial charge < -0.3 is 15.2 Å². The fourth-order valence-corrected chi connectivity index (χ4v) is 4.86. The molecule has 2 aromatic carbocycles. The molecule has 2 amide bonds. The normalized spacial score (nSPS) is 12.2. The Hall–Kier alpha value is -4.18. The van der Waals surface area contributed by atoms with Gasteiger partial charge in [-0.05, 0) is 63.2 Å². The Kier molecular flexibility index (Phi) is 7.04. The fourth-order valence-electron chi connectivity index (χ4n) is 4.23. The van der Waals surface area contributed by atoms with Gasteiger partial charge in [0, 0.05) is 42.1 Å². The fraction of sp³-hybridized carbons (Fsp3) is 0.222. The highest BCUT2D eigenvalue weighted by molar-refractivity contribution is 7.90. The van der Waals surface area contributed by atoms with E-state index in [1.807, 2.05) is 50.7 Å². The summed E-state index contributed by atoms with van der Waals surface area (Å²) in [6.45, 7) is 5.59. The number of carbonyl (C=O) groups excluding carboxylic acids is 2. The second-order valence-corrected chi connectivity index (χ2v) is 11.0. The van der Waals surface area contributed by atoms with E-state index in [-0.39, 0.29) is 22.8 Å². The summed E-state index contributed by atoms with van der Waals surface area (Å²) < 4.78 is 27.0. The number of hydrogen-bond acceptors (Lipinski definition) is 5. The number of nitrogens with zero attached hydrogens (tertiary/aromatic N) is 3. The third-order valence-electron chi connectivity index (χ3n) is 6.18. The van der Waals surface area contributed by atoms with Crippen molar-refractivity contribution in [2.75, 3.05) is 11.6 Å². The largest absolute Gasteiger partial charge is 0.345 e. The van der Waals surface area contributed by atoms with E-state index in [1.165, 1.54) is 12.1 Å². The first-order valence-electron chi connectivity index (χ1n) is 11.6. The highest BCUT2D eigenvalue weighted by Crippen LogP contribution is 2.25. The third kappa shape index (κ3) is 5.49. The molecular formula is C27H29N5O4S. The number of sulfone groups is 1. The molecule has 0 radical (unpaired) electrons. The zero-order valence-electron chi connectivity index (χ0n) is 21.3. The molecule has 0 fully saturated rings. The van der Waals surface area contributed by atoms with Crippen LogP contribution in [-0.2, 0) is 16.9 Å². The molecule has 2 aromatic heterocycles. The summed E-state index contributed by atoms with van der Waals surface area (Å²) in [6, 6.07) is 14.8. The summed E-state index contributed by atoms with van der Waals surface area (Å²) in [5.41, 5.74) is 4.41. The van der Waals surface area contributed by atoms with Crippen molar-refractivity contribution in [2.45, 2.75) is 31.7 Å². The molecule has 4 aromatic rings. The van der Waals surface area contributed by atoms with Crippen LogP contribution in [0.5, 0.6) is 0 Å². The number of para-hydroxylation sites is 1. The van der Waals surface area contributed by atoms with Crippen molar-refractivity contribution in [1.82, 2.24) is 19.7 Å². The van der Waals surface area contributed by atoms with Gasteiger partial charge in [0.1, 0.15) is 0 Å². The molecule has 0 spiro atoms. The number of aryl methyl sites for hydroxylation is 2. The molecule has 37 heavy (non-hydrogen) atoms. The van der Waals surface area contributed by atoms with Crippen molar-refractivity contribution in [2.24, 2.45) is 7.05 Å². The Labute approximate surface area is 216 Å². The number of carbonyl (C=O) groups is 2. The number of nitrogens with one attached hydrogen (secondary N) is 2. The van der Waals surface area contributed by atoms with Crippen LogP contribution in [0.25, 0.3) is 5.69 Å². The van der Waals surface area contributed by atoms with Gasteiger partial charge in [-0.2, -0.15) is 5.10 Å². The Morgan fingerprint density at radius 1 is 0.973 bits per heavy atom. The summed E-state index contributed by atoms with van der Waals surface area (Å²) >= 11 is 0. The lowest BCUT2D eigenvalue weighted by Gasteiger charge is -2.17. The average molecular weight is 520 g/mol. The monoisotopic (exact) mass is 519 g/mol. The molecule has 0 aliphatic rings. The van der Waals surface area contributed by atoms with Crippen molar-refractivity contribution in [3.05, 3.63) is 95.1 Å². The predicted molar refractivity (Wildman–Crippen MR) is 142 cm³/mol. The number of benzene rings is 2. The summed E-state index contributed by atoms with van der Waals surface area (Å²) in [6.07, 6.45) is 4.71. The van der Waals surface area contributed by atoms with E-state index in [9.17, 15) is 18.0 Å². The molecule has 1 unspecified atom stereocenters. The van der Waals surface area contributed by atoms with Crippen molar-refractivity contribution >= 4 is 27.3 Å². The van der Waals surface area contributed by atoms with E-state index in [0.29, 0.717) is 28.2 Å². The second kappa shape index (κ2) is 10.1. The van der Waals surface area contributed by atoms with E-state index in [0.717, 1.165) is 17.5 Å². The molecule has 0 bridgehead atoms. The van der Waals surface area contributed by atoms with Gasteiger partial charge in [0.15, 0.2) is 9.84 Å². The molecule has 0 saturated heterocycles. The first-order valence-corrected chi connectivity index (χ1v) is 13.5. The Morgan fingerprint density at radius 2 is 1.65 bits per heavy atom. The highest BCUT2D eigenvalue weighted by Gasteiger charge is 2.22. The lowest BCUT2D eigenvalue weighted by atomic mass is 10.1. The van der Waals surface area contributed by atoms with Crippen LogP contribution >= 0.6 is 0 Å². The van der Waals surface area contributed by atoms with Gasteiger partial charge in [0.25, 0.3) is 11.8 Å². The average Bonchev–Trinajstić information content (AvgIpc) is 3.41. The second-order valence-electron chi connectivity index (χ2n) is 9.03. The van der Waals surface area contributed by atoms with Gasteiger partial charge >= 0.3 is 0 Å².